The number of carbonyl (C=O) groups is 1. The molecule has 0 radical (unpaired) electrons. The first kappa shape index (κ1) is 13.0. The van der Waals surface area contributed by atoms with Gasteiger partial charge in [0.15, 0.2) is 0 Å². The Morgan fingerprint density at radius 1 is 1.17 bits per heavy atom. The molecule has 1 aliphatic rings. The molecule has 1 aromatic rings. The molecule has 0 bridgehead atoms. The molecule has 1 fully saturated rings. The van der Waals surface area contributed by atoms with E-state index in [1.165, 1.54) is 0 Å². The lowest BCUT2D eigenvalue weighted by Gasteiger charge is -2.16. The normalized spacial score (nSPS) is 23.1. The molecule has 2 rings (SSSR count). The summed E-state index contributed by atoms with van der Waals surface area (Å²) >= 11 is 0. The standard InChI is InChI=1S/C14H17F2NO/c15-14(16)9-4-7-12(8-10-14)17-13(18)11-5-2-1-3-6-11/h1-3,5-6,12H,4,7-10H2,(H,17,18). The minimum absolute atomic E-state index is 0.0648. The fraction of sp³-hybridized carbons (Fsp3) is 0.500. The maximum absolute atomic E-state index is 13.2. The number of amides is 1. The van der Waals surface area contributed by atoms with Gasteiger partial charge in [-0.25, -0.2) is 8.78 Å². The molecule has 1 saturated carbocycles. The van der Waals surface area contributed by atoms with Crippen LogP contribution in [0.25, 0.3) is 0 Å². The number of halogens is 2. The van der Waals surface area contributed by atoms with E-state index in [1.54, 1.807) is 24.3 Å². The number of carbonyl (C=O) groups excluding carboxylic acids is 1. The average molecular weight is 253 g/mol. The van der Waals surface area contributed by atoms with E-state index < -0.39 is 5.92 Å². The molecule has 0 aromatic heterocycles. The third-order valence-corrected chi connectivity index (χ3v) is 3.32. The number of nitrogens with one attached hydrogen (secondary N) is 1. The Balaban J connectivity index is 1.92. The van der Waals surface area contributed by atoms with E-state index in [1.807, 2.05) is 6.07 Å². The molecular formula is C14H17F2NO. The molecule has 1 atom stereocenters. The lowest BCUT2D eigenvalue weighted by Crippen LogP contribution is -2.34. The van der Waals surface area contributed by atoms with E-state index >= 15 is 0 Å². The van der Waals surface area contributed by atoms with Gasteiger partial charge in [-0.05, 0) is 31.4 Å². The first-order chi connectivity index (χ1) is 8.57. The molecule has 4 heteroatoms. The predicted octanol–water partition coefficient (Wildman–Crippen LogP) is 3.38. The van der Waals surface area contributed by atoms with Crippen molar-refractivity contribution in [2.45, 2.75) is 44.1 Å². The summed E-state index contributed by atoms with van der Waals surface area (Å²) < 4.78 is 26.4. The molecule has 1 aliphatic carbocycles. The highest BCUT2D eigenvalue weighted by Crippen LogP contribution is 2.31. The summed E-state index contributed by atoms with van der Waals surface area (Å²) in [4.78, 5) is 11.9. The monoisotopic (exact) mass is 253 g/mol. The van der Waals surface area contributed by atoms with Gasteiger partial charge in [0.2, 0.25) is 5.92 Å². The fourth-order valence-electron chi connectivity index (χ4n) is 2.26. The zero-order valence-electron chi connectivity index (χ0n) is 10.2. The van der Waals surface area contributed by atoms with E-state index in [0.29, 0.717) is 24.8 Å². The summed E-state index contributed by atoms with van der Waals surface area (Å²) in [5, 5.41) is 2.84. The number of rotatable bonds is 2. The van der Waals surface area contributed by atoms with Crippen molar-refractivity contribution in [2.75, 3.05) is 0 Å². The van der Waals surface area contributed by atoms with Crippen molar-refractivity contribution < 1.29 is 13.6 Å². The van der Waals surface area contributed by atoms with Crippen LogP contribution in [-0.2, 0) is 0 Å². The van der Waals surface area contributed by atoms with Crippen LogP contribution in [0.5, 0.6) is 0 Å². The highest BCUT2D eigenvalue weighted by Gasteiger charge is 2.32. The lowest BCUT2D eigenvalue weighted by atomic mass is 10.1. The van der Waals surface area contributed by atoms with Crippen molar-refractivity contribution in [1.82, 2.24) is 5.32 Å². The Morgan fingerprint density at radius 2 is 1.89 bits per heavy atom. The van der Waals surface area contributed by atoms with E-state index in [4.69, 9.17) is 0 Å². The van der Waals surface area contributed by atoms with Crippen molar-refractivity contribution in [3.8, 4) is 0 Å². The Hall–Kier alpha value is -1.45. The van der Waals surface area contributed by atoms with E-state index in [-0.39, 0.29) is 24.8 Å². The first-order valence-electron chi connectivity index (χ1n) is 6.31. The maximum atomic E-state index is 13.2. The van der Waals surface area contributed by atoms with Gasteiger partial charge in [0.25, 0.3) is 5.91 Å². The Kier molecular flexibility index (Phi) is 3.94. The molecule has 1 amide bonds. The number of hydrogen-bond donors (Lipinski definition) is 1. The predicted molar refractivity (Wildman–Crippen MR) is 65.7 cm³/mol. The largest absolute Gasteiger partial charge is 0.349 e. The fourth-order valence-corrected chi connectivity index (χ4v) is 2.26. The van der Waals surface area contributed by atoms with Gasteiger partial charge < -0.3 is 5.32 Å². The van der Waals surface area contributed by atoms with Gasteiger partial charge >= 0.3 is 0 Å². The molecule has 1 unspecified atom stereocenters. The smallest absolute Gasteiger partial charge is 0.251 e. The summed E-state index contributed by atoms with van der Waals surface area (Å²) in [5.74, 6) is -2.74. The molecule has 2 nitrogen and oxygen atoms in total. The van der Waals surface area contributed by atoms with Crippen LogP contribution in [0.3, 0.4) is 0 Å². The molecular weight excluding hydrogens is 236 g/mol. The molecule has 98 valence electrons. The topological polar surface area (TPSA) is 29.1 Å². The summed E-state index contributed by atoms with van der Waals surface area (Å²) in [5.41, 5.74) is 0.577. The first-order valence-corrected chi connectivity index (χ1v) is 6.31. The van der Waals surface area contributed by atoms with Gasteiger partial charge in [0, 0.05) is 24.4 Å². The van der Waals surface area contributed by atoms with E-state index in [9.17, 15) is 13.6 Å². The number of alkyl halides is 2. The Bertz CT molecular complexity index is 406. The van der Waals surface area contributed by atoms with Gasteiger partial charge in [-0.1, -0.05) is 18.2 Å². The number of hydrogen-bond acceptors (Lipinski definition) is 1. The van der Waals surface area contributed by atoms with Crippen molar-refractivity contribution in [1.29, 1.82) is 0 Å². The third kappa shape index (κ3) is 3.52. The molecule has 0 aliphatic heterocycles. The van der Waals surface area contributed by atoms with Crippen LogP contribution in [0, 0.1) is 0 Å². The van der Waals surface area contributed by atoms with Crippen molar-refractivity contribution >= 4 is 5.91 Å². The molecule has 0 heterocycles. The quantitative estimate of drug-likeness (QED) is 0.804. The average Bonchev–Trinajstić information content (AvgIpc) is 2.52. The second-order valence-corrected chi connectivity index (χ2v) is 4.82. The van der Waals surface area contributed by atoms with Crippen LogP contribution in [0.2, 0.25) is 0 Å². The van der Waals surface area contributed by atoms with E-state index in [0.717, 1.165) is 0 Å². The lowest BCUT2D eigenvalue weighted by molar-refractivity contribution is -0.0143. The molecule has 1 aromatic carbocycles. The molecule has 1 N–H and O–H groups in total. The zero-order valence-corrected chi connectivity index (χ0v) is 10.2. The van der Waals surface area contributed by atoms with Crippen LogP contribution in [-0.4, -0.2) is 17.9 Å². The molecule has 0 saturated heterocycles. The van der Waals surface area contributed by atoms with Crippen LogP contribution in [0.4, 0.5) is 8.78 Å². The second-order valence-electron chi connectivity index (χ2n) is 4.82. The summed E-state index contributed by atoms with van der Waals surface area (Å²) in [6.07, 6.45) is 1.25. The van der Waals surface area contributed by atoms with Crippen LogP contribution in [0.1, 0.15) is 42.5 Å². The van der Waals surface area contributed by atoms with Gasteiger partial charge in [-0.15, -0.1) is 0 Å². The van der Waals surface area contributed by atoms with Crippen LogP contribution < -0.4 is 5.32 Å². The van der Waals surface area contributed by atoms with E-state index in [2.05, 4.69) is 5.32 Å². The van der Waals surface area contributed by atoms with Gasteiger partial charge in [0.05, 0.1) is 0 Å². The maximum Gasteiger partial charge on any atom is 0.251 e. The second kappa shape index (κ2) is 5.46. The summed E-state index contributed by atoms with van der Waals surface area (Å²) in [6, 6.07) is 8.72. The highest BCUT2D eigenvalue weighted by molar-refractivity contribution is 5.94. The van der Waals surface area contributed by atoms with Crippen LogP contribution >= 0.6 is 0 Å². The van der Waals surface area contributed by atoms with Crippen molar-refractivity contribution in [3.63, 3.8) is 0 Å². The minimum Gasteiger partial charge on any atom is -0.349 e. The van der Waals surface area contributed by atoms with Crippen LogP contribution in [0.15, 0.2) is 30.3 Å². The Labute approximate surface area is 105 Å². The molecule has 0 spiro atoms. The summed E-state index contributed by atoms with van der Waals surface area (Å²) in [7, 11) is 0. The summed E-state index contributed by atoms with van der Waals surface area (Å²) in [6.45, 7) is 0. The van der Waals surface area contributed by atoms with Gasteiger partial charge in [-0.2, -0.15) is 0 Å². The SMILES string of the molecule is O=C(NC1CCCC(F)(F)CC1)c1ccccc1. The zero-order chi connectivity index (χ0) is 13.0. The molecule has 18 heavy (non-hydrogen) atoms. The van der Waals surface area contributed by atoms with Gasteiger partial charge in [0.1, 0.15) is 0 Å². The minimum atomic E-state index is -2.56. The van der Waals surface area contributed by atoms with Crippen molar-refractivity contribution in [2.24, 2.45) is 0 Å². The van der Waals surface area contributed by atoms with Crippen molar-refractivity contribution in [3.05, 3.63) is 35.9 Å². The Morgan fingerprint density at radius 3 is 2.61 bits per heavy atom. The third-order valence-electron chi connectivity index (χ3n) is 3.32. The highest BCUT2D eigenvalue weighted by atomic mass is 19.3. The van der Waals surface area contributed by atoms with Gasteiger partial charge in [-0.3, -0.25) is 4.79 Å². The number of benzene rings is 1.